The Morgan fingerprint density at radius 2 is 1.42 bits per heavy atom. The van der Waals surface area contributed by atoms with Crippen LogP contribution in [0.5, 0.6) is 0 Å². The molecule has 0 radical (unpaired) electrons. The number of unbranched alkanes of at least 4 members (excludes halogenated alkanes) is 6. The van der Waals surface area contributed by atoms with Gasteiger partial charge in [-0.3, -0.25) is 9.11 Å². The van der Waals surface area contributed by atoms with Crippen molar-refractivity contribution in [2.75, 3.05) is 37.8 Å². The third-order valence-corrected chi connectivity index (χ3v) is 6.05. The molecule has 0 amide bonds. The van der Waals surface area contributed by atoms with Crippen molar-refractivity contribution in [2.45, 2.75) is 69.9 Å². The Bertz CT molecular complexity index is 401. The van der Waals surface area contributed by atoms with Gasteiger partial charge in [-0.2, -0.15) is 22.0 Å². The molecule has 1 unspecified atom stereocenters. The Morgan fingerprint density at radius 1 is 0.846 bits per heavy atom. The highest BCUT2D eigenvalue weighted by Gasteiger charge is 2.56. The fourth-order valence-electron chi connectivity index (χ4n) is 2.93. The fourth-order valence-corrected chi connectivity index (χ4v) is 4.12. The van der Waals surface area contributed by atoms with Gasteiger partial charge in [0.1, 0.15) is 0 Å². The average molecular weight is 407 g/mol. The predicted molar refractivity (Wildman–Crippen MR) is 94.9 cm³/mol. The summed E-state index contributed by atoms with van der Waals surface area (Å²) in [6, 6.07) is 0. The van der Waals surface area contributed by atoms with Crippen LogP contribution in [-0.2, 0) is 10.8 Å². The molecule has 0 aromatic rings. The summed E-state index contributed by atoms with van der Waals surface area (Å²) in [5, 5.41) is 3.30. The molecule has 9 heteroatoms. The van der Waals surface area contributed by atoms with Gasteiger partial charge in [0.05, 0.1) is 0 Å². The molecule has 1 N–H and O–H groups in total. The number of halogens is 5. The van der Waals surface area contributed by atoms with E-state index in [4.69, 9.17) is 0 Å². The van der Waals surface area contributed by atoms with Crippen LogP contribution in [0, 0.1) is 0 Å². The zero-order chi connectivity index (χ0) is 19.5. The lowest BCUT2D eigenvalue weighted by Gasteiger charge is -2.19. The van der Waals surface area contributed by atoms with Crippen LogP contribution in [0.2, 0.25) is 0 Å². The maximum absolute atomic E-state index is 12.7. The summed E-state index contributed by atoms with van der Waals surface area (Å²) < 4.78 is 73.1. The zero-order valence-corrected chi connectivity index (χ0v) is 16.1. The van der Waals surface area contributed by atoms with E-state index in [0.717, 1.165) is 52.0 Å². The van der Waals surface area contributed by atoms with Crippen LogP contribution in [0.15, 0.2) is 0 Å². The average Bonchev–Trinajstić information content (AvgIpc) is 3.05. The number of rotatable bonds is 14. The first-order valence-corrected chi connectivity index (χ1v) is 10.9. The van der Waals surface area contributed by atoms with Crippen molar-refractivity contribution in [3.8, 4) is 0 Å². The Labute approximate surface area is 155 Å². The second kappa shape index (κ2) is 12.2. The molecule has 3 nitrogen and oxygen atoms in total. The van der Waals surface area contributed by atoms with Gasteiger partial charge in [0.15, 0.2) is 0 Å². The molecule has 156 valence electrons. The van der Waals surface area contributed by atoms with Crippen molar-refractivity contribution in [3.05, 3.63) is 0 Å². The maximum Gasteiger partial charge on any atom is 0.453 e. The van der Waals surface area contributed by atoms with Gasteiger partial charge >= 0.3 is 12.1 Å². The highest BCUT2D eigenvalue weighted by molar-refractivity contribution is 7.84. The van der Waals surface area contributed by atoms with Crippen molar-refractivity contribution in [3.63, 3.8) is 0 Å². The number of hydrogen-bond donors (Lipinski definition) is 1. The molecule has 1 aliphatic heterocycles. The summed E-state index contributed by atoms with van der Waals surface area (Å²) in [6.45, 7) is 4.33. The highest BCUT2D eigenvalue weighted by Crippen LogP contribution is 2.38. The monoisotopic (exact) mass is 406 g/mol. The van der Waals surface area contributed by atoms with Gasteiger partial charge in [-0.1, -0.05) is 32.1 Å². The standard InChI is InChI=1S/C17H31F5N2OS/c18-16(19,17(20,21)22)9-8-14-26(25)13-7-5-3-1-2-4-6-11-24-12-10-23-15-24/h23H,1-15H2. The third-order valence-electron chi connectivity index (χ3n) is 4.56. The molecule has 0 spiro atoms. The van der Waals surface area contributed by atoms with Crippen LogP contribution in [-0.4, -0.2) is 59.0 Å². The lowest BCUT2D eigenvalue weighted by Crippen LogP contribution is -2.36. The Hall–Kier alpha value is -0.280. The first-order valence-electron chi connectivity index (χ1n) is 9.45. The Kier molecular flexibility index (Phi) is 11.2. The van der Waals surface area contributed by atoms with E-state index in [1.54, 1.807) is 0 Å². The van der Waals surface area contributed by atoms with Crippen LogP contribution < -0.4 is 5.32 Å². The second-order valence-electron chi connectivity index (χ2n) is 6.90. The topological polar surface area (TPSA) is 32.3 Å². The van der Waals surface area contributed by atoms with Crippen molar-refractivity contribution < 1.29 is 26.2 Å². The summed E-state index contributed by atoms with van der Waals surface area (Å²) in [4.78, 5) is 2.40. The summed E-state index contributed by atoms with van der Waals surface area (Å²) in [5.74, 6) is -4.38. The predicted octanol–water partition coefficient (Wildman–Crippen LogP) is 4.31. The molecule has 1 atom stereocenters. The molecular formula is C17H31F5N2OS. The number of nitrogens with zero attached hydrogens (tertiary/aromatic N) is 1. The second-order valence-corrected chi connectivity index (χ2v) is 8.60. The van der Waals surface area contributed by atoms with Crippen LogP contribution in [0.4, 0.5) is 22.0 Å². The molecule has 1 fully saturated rings. The normalized spacial score (nSPS) is 17.7. The molecular weight excluding hydrogens is 375 g/mol. The van der Waals surface area contributed by atoms with E-state index in [9.17, 15) is 26.2 Å². The Balaban J connectivity index is 1.89. The van der Waals surface area contributed by atoms with Gasteiger partial charge in [-0.05, 0) is 25.8 Å². The summed E-state index contributed by atoms with van der Waals surface area (Å²) >= 11 is 0. The first kappa shape index (κ1) is 23.8. The molecule has 0 aromatic heterocycles. The van der Waals surface area contributed by atoms with E-state index in [0.29, 0.717) is 5.75 Å². The van der Waals surface area contributed by atoms with Gasteiger partial charge in [-0.25, -0.2) is 0 Å². The molecule has 1 heterocycles. The van der Waals surface area contributed by atoms with Gasteiger partial charge in [0.2, 0.25) is 0 Å². The lowest BCUT2D eigenvalue weighted by atomic mass is 10.1. The quantitative estimate of drug-likeness (QED) is 0.345. The number of hydrogen-bond acceptors (Lipinski definition) is 3. The SMILES string of the molecule is O=S(CCCCCCCCCN1CCNC1)CCCC(F)(F)C(F)(F)F. The number of alkyl halides is 5. The van der Waals surface area contributed by atoms with Gasteiger partial charge in [-0.15, -0.1) is 0 Å². The first-order chi connectivity index (χ1) is 12.2. The minimum atomic E-state index is -5.51. The summed E-state index contributed by atoms with van der Waals surface area (Å²) in [6.07, 6.45) is 0.266. The van der Waals surface area contributed by atoms with E-state index in [2.05, 4.69) is 10.2 Å². The van der Waals surface area contributed by atoms with Crippen molar-refractivity contribution in [2.24, 2.45) is 0 Å². The minimum absolute atomic E-state index is 0.0863. The molecule has 1 saturated heterocycles. The van der Waals surface area contributed by atoms with E-state index in [1.807, 2.05) is 0 Å². The summed E-state index contributed by atoms with van der Waals surface area (Å²) in [7, 11) is -1.31. The molecule has 26 heavy (non-hydrogen) atoms. The zero-order valence-electron chi connectivity index (χ0n) is 15.3. The lowest BCUT2D eigenvalue weighted by molar-refractivity contribution is -0.284. The minimum Gasteiger partial charge on any atom is -0.303 e. The molecule has 0 bridgehead atoms. The highest BCUT2D eigenvalue weighted by atomic mass is 32.2. The largest absolute Gasteiger partial charge is 0.453 e. The van der Waals surface area contributed by atoms with Gasteiger partial charge in [0, 0.05) is 48.5 Å². The summed E-state index contributed by atoms with van der Waals surface area (Å²) in [5.41, 5.74) is 0. The number of nitrogens with one attached hydrogen (secondary N) is 1. The molecule has 1 rings (SSSR count). The van der Waals surface area contributed by atoms with Crippen LogP contribution >= 0.6 is 0 Å². The van der Waals surface area contributed by atoms with Gasteiger partial charge in [0.25, 0.3) is 0 Å². The third kappa shape index (κ3) is 10.2. The van der Waals surface area contributed by atoms with Gasteiger partial charge < -0.3 is 5.32 Å². The van der Waals surface area contributed by atoms with Crippen molar-refractivity contribution in [1.29, 1.82) is 0 Å². The van der Waals surface area contributed by atoms with E-state index in [1.165, 1.54) is 19.3 Å². The van der Waals surface area contributed by atoms with Crippen LogP contribution in [0.1, 0.15) is 57.8 Å². The smallest absolute Gasteiger partial charge is 0.303 e. The van der Waals surface area contributed by atoms with E-state index in [-0.39, 0.29) is 12.2 Å². The van der Waals surface area contributed by atoms with E-state index >= 15 is 0 Å². The van der Waals surface area contributed by atoms with Crippen molar-refractivity contribution in [1.82, 2.24) is 10.2 Å². The van der Waals surface area contributed by atoms with E-state index < -0.39 is 29.3 Å². The van der Waals surface area contributed by atoms with Crippen LogP contribution in [0.3, 0.4) is 0 Å². The fraction of sp³-hybridized carbons (Fsp3) is 1.00. The molecule has 0 aromatic carbocycles. The van der Waals surface area contributed by atoms with Crippen molar-refractivity contribution >= 4 is 10.8 Å². The molecule has 1 aliphatic rings. The maximum atomic E-state index is 12.7. The molecule has 0 aliphatic carbocycles. The molecule has 0 saturated carbocycles. The van der Waals surface area contributed by atoms with Crippen LogP contribution in [0.25, 0.3) is 0 Å². The Morgan fingerprint density at radius 3 is 2.00 bits per heavy atom.